The molecule has 1 aromatic heterocycles. The fourth-order valence-corrected chi connectivity index (χ4v) is 1.52. The number of aromatic carboxylic acids is 1. The lowest BCUT2D eigenvalue weighted by Gasteiger charge is -2.12. The Morgan fingerprint density at radius 3 is 2.44 bits per heavy atom. The second kappa shape index (κ2) is 6.60. The van der Waals surface area contributed by atoms with Crippen LogP contribution < -0.4 is 11.3 Å². The predicted octanol–water partition coefficient (Wildman–Crippen LogP) is 0.347. The van der Waals surface area contributed by atoms with E-state index in [1.165, 1.54) is 6.20 Å². The minimum absolute atomic E-state index is 0.120. The first-order valence-corrected chi connectivity index (χ1v) is 5.46. The summed E-state index contributed by atoms with van der Waals surface area (Å²) in [4.78, 5) is 22.6. The lowest BCUT2D eigenvalue weighted by atomic mass is 10.3. The van der Waals surface area contributed by atoms with Crippen LogP contribution in [-0.4, -0.2) is 40.3 Å². The smallest absolute Gasteiger partial charge is 0.340 e. The zero-order chi connectivity index (χ0) is 13.5. The number of nitrogens with zero attached hydrogens (tertiary/aromatic N) is 2. The lowest BCUT2D eigenvalue weighted by Crippen LogP contribution is -2.41. The van der Waals surface area contributed by atoms with Gasteiger partial charge in [0.1, 0.15) is 11.3 Å². The van der Waals surface area contributed by atoms with Gasteiger partial charge in [0.05, 0.1) is 6.20 Å². The van der Waals surface area contributed by atoms with Crippen molar-refractivity contribution in [3.63, 3.8) is 0 Å². The van der Waals surface area contributed by atoms with E-state index in [-0.39, 0.29) is 11.6 Å². The molecule has 8 nitrogen and oxygen atoms in total. The Morgan fingerprint density at radius 2 is 2.11 bits per heavy atom. The van der Waals surface area contributed by atoms with Gasteiger partial charge in [-0.2, -0.15) is 0 Å². The maximum Gasteiger partial charge on any atom is 0.340 e. The fourth-order valence-electron chi connectivity index (χ4n) is 1.52. The van der Waals surface area contributed by atoms with E-state index in [4.69, 9.17) is 10.9 Å². The van der Waals surface area contributed by atoms with Gasteiger partial charge in [-0.05, 0) is 19.8 Å². The number of hydrogen-bond donors (Lipinski definition) is 3. The van der Waals surface area contributed by atoms with Crippen molar-refractivity contribution in [2.75, 3.05) is 13.1 Å². The molecule has 1 fully saturated rings. The summed E-state index contributed by atoms with van der Waals surface area (Å²) in [5.74, 6) is 4.24. The number of aryl methyl sites for hydroxylation is 1. The van der Waals surface area contributed by atoms with Crippen LogP contribution >= 0.6 is 0 Å². The van der Waals surface area contributed by atoms with Crippen LogP contribution in [0.4, 0.5) is 4.79 Å². The van der Waals surface area contributed by atoms with Gasteiger partial charge in [-0.25, -0.2) is 15.4 Å². The van der Waals surface area contributed by atoms with Crippen LogP contribution in [0.15, 0.2) is 10.7 Å². The molecule has 1 aromatic rings. The highest BCUT2D eigenvalue weighted by Gasteiger charge is 2.15. The second-order valence-electron chi connectivity index (χ2n) is 3.74. The molecule has 18 heavy (non-hydrogen) atoms. The largest absolute Gasteiger partial charge is 0.478 e. The minimum atomic E-state index is -1.01. The van der Waals surface area contributed by atoms with Gasteiger partial charge in [-0.15, -0.1) is 0 Å². The SMILES string of the molecule is Cc1oncc1C(=O)O.NNC(=O)N1CCCC1. The summed E-state index contributed by atoms with van der Waals surface area (Å²) >= 11 is 0. The normalized spacial score (nSPS) is 13.8. The standard InChI is InChI=1S/C5H11N3O.C5H5NO3/c6-7-5(9)8-3-1-2-4-8;1-3-4(5(7)8)2-6-9-3/h1-4,6H2,(H,7,9);2H,1H3,(H,7,8). The van der Waals surface area contributed by atoms with Crippen LogP contribution in [-0.2, 0) is 0 Å². The molecule has 2 heterocycles. The van der Waals surface area contributed by atoms with Gasteiger partial charge in [0.15, 0.2) is 0 Å². The average molecular weight is 256 g/mol. The lowest BCUT2D eigenvalue weighted by molar-refractivity contribution is 0.0695. The number of likely N-dealkylation sites (tertiary alicyclic amines) is 1. The van der Waals surface area contributed by atoms with Crippen LogP contribution in [0.5, 0.6) is 0 Å². The number of nitrogens with one attached hydrogen (secondary N) is 1. The van der Waals surface area contributed by atoms with Crippen LogP contribution in [0.1, 0.15) is 29.0 Å². The average Bonchev–Trinajstić information content (AvgIpc) is 2.99. The molecule has 2 amide bonds. The Balaban J connectivity index is 0.000000180. The van der Waals surface area contributed by atoms with Gasteiger partial charge in [-0.3, -0.25) is 5.43 Å². The molecule has 0 atom stereocenters. The number of amides is 2. The number of urea groups is 1. The van der Waals surface area contributed by atoms with Crippen LogP contribution in [0.3, 0.4) is 0 Å². The summed E-state index contributed by atoms with van der Waals surface area (Å²) in [5.41, 5.74) is 2.21. The predicted molar refractivity (Wildman–Crippen MR) is 61.7 cm³/mol. The van der Waals surface area contributed by atoms with E-state index in [0.717, 1.165) is 25.9 Å². The number of aromatic nitrogens is 1. The summed E-state index contributed by atoms with van der Waals surface area (Å²) in [6.07, 6.45) is 3.39. The molecule has 0 aromatic carbocycles. The summed E-state index contributed by atoms with van der Waals surface area (Å²) < 4.78 is 4.49. The molecule has 0 radical (unpaired) electrons. The van der Waals surface area contributed by atoms with Gasteiger partial charge in [-0.1, -0.05) is 5.16 Å². The minimum Gasteiger partial charge on any atom is -0.478 e. The Kier molecular flexibility index (Phi) is 5.12. The number of carboxylic acid groups (broad SMARTS) is 1. The molecule has 0 saturated carbocycles. The van der Waals surface area contributed by atoms with E-state index in [0.29, 0.717) is 5.76 Å². The number of rotatable bonds is 1. The third kappa shape index (κ3) is 3.74. The van der Waals surface area contributed by atoms with Crippen LogP contribution in [0.25, 0.3) is 0 Å². The highest BCUT2D eigenvalue weighted by Crippen LogP contribution is 2.06. The van der Waals surface area contributed by atoms with Gasteiger partial charge in [0, 0.05) is 13.1 Å². The zero-order valence-electron chi connectivity index (χ0n) is 10.0. The fraction of sp³-hybridized carbons (Fsp3) is 0.500. The summed E-state index contributed by atoms with van der Waals surface area (Å²) in [6, 6.07) is -0.160. The molecule has 100 valence electrons. The number of carbonyl (C=O) groups is 2. The first-order valence-electron chi connectivity index (χ1n) is 5.46. The first-order chi connectivity index (χ1) is 8.56. The van der Waals surface area contributed by atoms with Crippen molar-refractivity contribution in [1.29, 1.82) is 0 Å². The number of hydrazine groups is 1. The maximum absolute atomic E-state index is 10.7. The molecular weight excluding hydrogens is 240 g/mol. The molecule has 8 heteroatoms. The van der Waals surface area contributed by atoms with Gasteiger partial charge in [0.2, 0.25) is 0 Å². The van der Waals surface area contributed by atoms with Crippen molar-refractivity contribution in [2.45, 2.75) is 19.8 Å². The van der Waals surface area contributed by atoms with E-state index in [2.05, 4.69) is 15.1 Å². The van der Waals surface area contributed by atoms with Crippen molar-refractivity contribution in [1.82, 2.24) is 15.5 Å². The van der Waals surface area contributed by atoms with Crippen molar-refractivity contribution in [3.8, 4) is 0 Å². The Morgan fingerprint density at radius 1 is 1.50 bits per heavy atom. The molecule has 1 saturated heterocycles. The van der Waals surface area contributed by atoms with Gasteiger partial charge < -0.3 is 14.5 Å². The third-order valence-electron chi connectivity index (χ3n) is 2.50. The van der Waals surface area contributed by atoms with Crippen LogP contribution in [0, 0.1) is 6.92 Å². The van der Waals surface area contributed by atoms with Gasteiger partial charge in [0.25, 0.3) is 0 Å². The van der Waals surface area contributed by atoms with Crippen molar-refractivity contribution < 1.29 is 19.2 Å². The molecule has 0 aliphatic carbocycles. The number of hydrogen-bond acceptors (Lipinski definition) is 5. The van der Waals surface area contributed by atoms with E-state index in [1.807, 2.05) is 0 Å². The molecule has 0 spiro atoms. The third-order valence-corrected chi connectivity index (χ3v) is 2.50. The summed E-state index contributed by atoms with van der Waals surface area (Å²) in [7, 11) is 0. The molecule has 2 rings (SSSR count). The molecule has 4 N–H and O–H groups in total. The molecule has 1 aliphatic rings. The topological polar surface area (TPSA) is 122 Å². The second-order valence-corrected chi connectivity index (χ2v) is 3.74. The zero-order valence-corrected chi connectivity index (χ0v) is 10.0. The molecule has 0 unspecified atom stereocenters. The number of carboxylic acids is 1. The number of nitrogens with two attached hydrogens (primary N) is 1. The summed E-state index contributed by atoms with van der Waals surface area (Å²) in [5, 5.41) is 11.6. The Bertz CT molecular complexity index is 412. The number of carbonyl (C=O) groups excluding carboxylic acids is 1. The maximum atomic E-state index is 10.7. The van der Waals surface area contributed by atoms with Gasteiger partial charge >= 0.3 is 12.0 Å². The van der Waals surface area contributed by atoms with E-state index in [9.17, 15) is 9.59 Å². The monoisotopic (exact) mass is 256 g/mol. The van der Waals surface area contributed by atoms with Crippen LogP contribution in [0.2, 0.25) is 0 Å². The Hall–Kier alpha value is -2.09. The van der Waals surface area contributed by atoms with Crippen molar-refractivity contribution in [3.05, 3.63) is 17.5 Å². The van der Waals surface area contributed by atoms with E-state index >= 15 is 0 Å². The highest BCUT2D eigenvalue weighted by atomic mass is 16.5. The molecule has 0 bridgehead atoms. The first kappa shape index (κ1) is 14.0. The highest BCUT2D eigenvalue weighted by molar-refractivity contribution is 5.88. The molecule has 1 aliphatic heterocycles. The van der Waals surface area contributed by atoms with Crippen molar-refractivity contribution >= 4 is 12.0 Å². The van der Waals surface area contributed by atoms with E-state index in [1.54, 1.807) is 11.8 Å². The quantitative estimate of drug-likeness (QED) is 0.378. The molecular formula is C10H16N4O4. The Labute approximate surface area is 104 Å². The summed E-state index contributed by atoms with van der Waals surface area (Å²) in [6.45, 7) is 3.25. The van der Waals surface area contributed by atoms with Crippen molar-refractivity contribution in [2.24, 2.45) is 5.84 Å². The van der Waals surface area contributed by atoms with E-state index < -0.39 is 5.97 Å².